The molecule has 0 aromatic heterocycles. The van der Waals surface area contributed by atoms with E-state index >= 15 is 0 Å². The Bertz CT molecular complexity index is 946. The number of halogens is 1. The van der Waals surface area contributed by atoms with E-state index in [0.29, 0.717) is 44.3 Å². The van der Waals surface area contributed by atoms with Gasteiger partial charge in [-0.3, -0.25) is 9.59 Å². The van der Waals surface area contributed by atoms with Crippen LogP contribution < -0.4 is 15.0 Å². The number of hydrogen-bond donors (Lipinski definition) is 1. The molecule has 2 amide bonds. The van der Waals surface area contributed by atoms with E-state index in [2.05, 4.69) is 21.2 Å². The Kier molecular flexibility index (Phi) is 6.24. The van der Waals surface area contributed by atoms with E-state index in [1.165, 1.54) is 0 Å². The third kappa shape index (κ3) is 4.60. The highest BCUT2D eigenvalue weighted by molar-refractivity contribution is 9.10. The second-order valence-corrected chi connectivity index (χ2v) is 8.28. The quantitative estimate of drug-likeness (QED) is 0.738. The van der Waals surface area contributed by atoms with Crippen molar-refractivity contribution in [2.45, 2.75) is 13.0 Å². The van der Waals surface area contributed by atoms with Crippen LogP contribution in [0.2, 0.25) is 0 Å². The minimum absolute atomic E-state index is 0.0699. The summed E-state index contributed by atoms with van der Waals surface area (Å²) in [5.74, 6) is 0.382. The van der Waals surface area contributed by atoms with Gasteiger partial charge in [0, 0.05) is 17.6 Å². The lowest BCUT2D eigenvalue weighted by Crippen LogP contribution is -2.53. The average molecular weight is 474 g/mol. The summed E-state index contributed by atoms with van der Waals surface area (Å²) in [6.07, 6.45) is -0.656. The van der Waals surface area contributed by atoms with Gasteiger partial charge in [-0.2, -0.15) is 0 Å². The SMILES string of the molecule is Cc1ccc(NC(=O)CN2C[C@@H](C(=O)N3CCOCC3)Oc3ccccc32)c(Br)c1. The van der Waals surface area contributed by atoms with Crippen molar-refractivity contribution in [3.8, 4) is 5.75 Å². The molecule has 0 aliphatic carbocycles. The number of amides is 2. The van der Waals surface area contributed by atoms with Crippen LogP contribution in [0, 0.1) is 6.92 Å². The largest absolute Gasteiger partial charge is 0.477 e. The first kappa shape index (κ1) is 20.7. The highest BCUT2D eigenvalue weighted by Crippen LogP contribution is 2.33. The molecular formula is C22H24BrN3O4. The Hall–Kier alpha value is -2.58. The number of nitrogens with one attached hydrogen (secondary N) is 1. The van der Waals surface area contributed by atoms with Crippen LogP contribution in [0.4, 0.5) is 11.4 Å². The number of carbonyl (C=O) groups excluding carboxylic acids is 2. The van der Waals surface area contributed by atoms with E-state index < -0.39 is 6.10 Å². The first-order valence-corrected chi connectivity index (χ1v) is 10.7. The topological polar surface area (TPSA) is 71.1 Å². The number of hydrogen-bond acceptors (Lipinski definition) is 5. The molecule has 2 aromatic carbocycles. The van der Waals surface area contributed by atoms with Crippen molar-refractivity contribution in [3.63, 3.8) is 0 Å². The van der Waals surface area contributed by atoms with Crippen LogP contribution in [0.3, 0.4) is 0 Å². The number of nitrogens with zero attached hydrogens (tertiary/aromatic N) is 2. The van der Waals surface area contributed by atoms with Crippen LogP contribution in [-0.4, -0.2) is 62.2 Å². The Morgan fingerprint density at radius 2 is 1.93 bits per heavy atom. The average Bonchev–Trinajstić information content (AvgIpc) is 2.75. The maximum absolute atomic E-state index is 13.0. The fourth-order valence-electron chi connectivity index (χ4n) is 3.66. The van der Waals surface area contributed by atoms with Crippen molar-refractivity contribution in [3.05, 3.63) is 52.5 Å². The molecule has 4 rings (SSSR count). The van der Waals surface area contributed by atoms with Gasteiger partial charge in [-0.05, 0) is 52.7 Å². The second kappa shape index (κ2) is 9.06. The van der Waals surface area contributed by atoms with Gasteiger partial charge < -0.3 is 24.6 Å². The fourth-order valence-corrected chi connectivity index (χ4v) is 4.25. The standard InChI is InChI=1S/C22H24BrN3O4/c1-15-6-7-17(16(23)12-15)24-21(27)14-26-13-20(22(28)25-8-10-29-11-9-25)30-19-5-3-2-4-18(19)26/h2-7,12,20H,8-11,13-14H2,1H3,(H,24,27)/t20-/m0/s1. The zero-order chi connectivity index (χ0) is 21.1. The summed E-state index contributed by atoms with van der Waals surface area (Å²) in [6.45, 7) is 4.61. The van der Waals surface area contributed by atoms with Crippen LogP contribution in [0.5, 0.6) is 5.75 Å². The third-order valence-corrected chi connectivity index (χ3v) is 5.85. The number of morpholine rings is 1. The van der Waals surface area contributed by atoms with E-state index in [9.17, 15) is 9.59 Å². The monoisotopic (exact) mass is 473 g/mol. The first-order valence-electron chi connectivity index (χ1n) is 9.94. The predicted molar refractivity (Wildman–Crippen MR) is 118 cm³/mol. The van der Waals surface area contributed by atoms with Crippen molar-refractivity contribution in [1.29, 1.82) is 0 Å². The molecule has 2 aliphatic rings. The molecule has 2 aromatic rings. The van der Waals surface area contributed by atoms with Gasteiger partial charge in [-0.15, -0.1) is 0 Å². The zero-order valence-corrected chi connectivity index (χ0v) is 18.4. The summed E-state index contributed by atoms with van der Waals surface area (Å²) in [4.78, 5) is 29.4. The molecule has 0 bridgehead atoms. The molecule has 0 radical (unpaired) electrons. The van der Waals surface area contributed by atoms with Gasteiger partial charge in [0.15, 0.2) is 6.10 Å². The van der Waals surface area contributed by atoms with Crippen LogP contribution >= 0.6 is 15.9 Å². The van der Waals surface area contributed by atoms with Crippen molar-refractivity contribution in [1.82, 2.24) is 4.90 Å². The number of carbonyl (C=O) groups is 2. The van der Waals surface area contributed by atoms with Gasteiger partial charge in [-0.25, -0.2) is 0 Å². The lowest BCUT2D eigenvalue weighted by Gasteiger charge is -2.38. The van der Waals surface area contributed by atoms with Gasteiger partial charge in [-0.1, -0.05) is 18.2 Å². The van der Waals surface area contributed by atoms with Gasteiger partial charge in [0.05, 0.1) is 37.7 Å². The smallest absolute Gasteiger partial charge is 0.265 e. The number of aryl methyl sites for hydroxylation is 1. The van der Waals surface area contributed by atoms with Gasteiger partial charge in [0.25, 0.3) is 5.91 Å². The molecule has 1 N–H and O–H groups in total. The Labute approximate surface area is 184 Å². The summed E-state index contributed by atoms with van der Waals surface area (Å²) in [7, 11) is 0. The van der Waals surface area contributed by atoms with Crippen molar-refractivity contribution in [2.24, 2.45) is 0 Å². The number of benzene rings is 2. The molecule has 30 heavy (non-hydrogen) atoms. The summed E-state index contributed by atoms with van der Waals surface area (Å²) >= 11 is 3.49. The molecule has 158 valence electrons. The molecule has 0 saturated carbocycles. The molecule has 1 fully saturated rings. The maximum Gasteiger partial charge on any atom is 0.265 e. The Morgan fingerprint density at radius 3 is 2.70 bits per heavy atom. The van der Waals surface area contributed by atoms with E-state index in [0.717, 1.165) is 15.7 Å². The number of rotatable bonds is 4. The van der Waals surface area contributed by atoms with Crippen molar-refractivity contribution < 1.29 is 19.1 Å². The Morgan fingerprint density at radius 1 is 1.17 bits per heavy atom. The normalized spacial score (nSPS) is 18.4. The minimum atomic E-state index is -0.656. The van der Waals surface area contributed by atoms with Crippen molar-refractivity contribution in [2.75, 3.05) is 49.6 Å². The maximum atomic E-state index is 13.0. The summed E-state index contributed by atoms with van der Waals surface area (Å²) in [6, 6.07) is 13.3. The van der Waals surface area contributed by atoms with Gasteiger partial charge in [0.1, 0.15) is 5.75 Å². The number of anilines is 2. The van der Waals surface area contributed by atoms with E-state index in [1.54, 1.807) is 4.90 Å². The van der Waals surface area contributed by atoms with Crippen molar-refractivity contribution >= 4 is 39.1 Å². The molecular weight excluding hydrogens is 450 g/mol. The minimum Gasteiger partial charge on any atom is -0.477 e. The van der Waals surface area contributed by atoms with Crippen LogP contribution in [0.1, 0.15) is 5.56 Å². The molecule has 0 unspecified atom stereocenters. The molecule has 1 atom stereocenters. The fraction of sp³-hybridized carbons (Fsp3) is 0.364. The molecule has 2 heterocycles. The van der Waals surface area contributed by atoms with E-state index in [1.807, 2.05) is 54.3 Å². The number of fused-ring (bicyclic) bond motifs is 1. The predicted octanol–water partition coefficient (Wildman–Crippen LogP) is 2.82. The van der Waals surface area contributed by atoms with Crippen LogP contribution in [0.15, 0.2) is 46.9 Å². The Balaban J connectivity index is 1.49. The van der Waals surface area contributed by atoms with E-state index in [4.69, 9.17) is 9.47 Å². The van der Waals surface area contributed by atoms with Crippen LogP contribution in [0.25, 0.3) is 0 Å². The number of ether oxygens (including phenoxy) is 2. The molecule has 8 heteroatoms. The molecule has 0 spiro atoms. The van der Waals surface area contributed by atoms with E-state index in [-0.39, 0.29) is 18.4 Å². The zero-order valence-electron chi connectivity index (χ0n) is 16.8. The molecule has 2 aliphatic heterocycles. The lowest BCUT2D eigenvalue weighted by atomic mass is 10.1. The third-order valence-electron chi connectivity index (χ3n) is 5.19. The molecule has 1 saturated heterocycles. The summed E-state index contributed by atoms with van der Waals surface area (Å²) in [5.41, 5.74) is 2.63. The lowest BCUT2D eigenvalue weighted by molar-refractivity contribution is -0.142. The first-order chi connectivity index (χ1) is 14.5. The highest BCUT2D eigenvalue weighted by atomic mass is 79.9. The number of para-hydroxylation sites is 2. The molecule has 7 nitrogen and oxygen atoms in total. The van der Waals surface area contributed by atoms with Crippen LogP contribution in [-0.2, 0) is 14.3 Å². The second-order valence-electron chi connectivity index (χ2n) is 7.42. The summed E-state index contributed by atoms with van der Waals surface area (Å²) < 4.78 is 12.2. The van der Waals surface area contributed by atoms with Gasteiger partial charge in [0.2, 0.25) is 5.91 Å². The highest BCUT2D eigenvalue weighted by Gasteiger charge is 2.34. The summed E-state index contributed by atoms with van der Waals surface area (Å²) in [5, 5.41) is 2.94. The van der Waals surface area contributed by atoms with Gasteiger partial charge >= 0.3 is 0 Å².